The second kappa shape index (κ2) is 2.31. The van der Waals surface area contributed by atoms with Gasteiger partial charge in [-0.1, -0.05) is 0 Å². The number of nitrogens with two attached hydrogens (primary N) is 1. The van der Waals surface area contributed by atoms with E-state index in [1.165, 1.54) is 0 Å². The molecular weight excluding hydrogens is 202 g/mol. The summed E-state index contributed by atoms with van der Waals surface area (Å²) in [5.74, 6) is -4.87. The average molecular weight is 207 g/mol. The predicted octanol–water partition coefficient (Wildman–Crippen LogP) is 2.35. The Morgan fingerprint density at radius 3 is 2.43 bits per heavy atom. The first-order chi connectivity index (χ1) is 6.34. The van der Waals surface area contributed by atoms with E-state index in [0.717, 1.165) is 18.2 Å². The minimum atomic E-state index is -4.50. The van der Waals surface area contributed by atoms with Crippen LogP contribution in [0.3, 0.4) is 0 Å². The van der Waals surface area contributed by atoms with Gasteiger partial charge in [-0.15, -0.1) is 0 Å². The highest BCUT2D eigenvalue weighted by Crippen LogP contribution is 2.53. The largest absolute Gasteiger partial charge is 0.469 e. The SMILES string of the molecule is Nc1ccc2c(c1)OC(F)(F)C2(F)F. The van der Waals surface area contributed by atoms with Crippen molar-refractivity contribution in [2.45, 2.75) is 12.0 Å². The van der Waals surface area contributed by atoms with Gasteiger partial charge in [0, 0.05) is 11.8 Å². The molecule has 0 aromatic heterocycles. The number of anilines is 1. The molecular formula is C8H5F4NO. The molecule has 0 amide bonds. The fourth-order valence-corrected chi connectivity index (χ4v) is 1.24. The molecule has 0 aliphatic carbocycles. The lowest BCUT2D eigenvalue weighted by Gasteiger charge is -2.15. The van der Waals surface area contributed by atoms with Crippen molar-refractivity contribution in [2.24, 2.45) is 0 Å². The second-order valence-corrected chi connectivity index (χ2v) is 2.95. The van der Waals surface area contributed by atoms with E-state index in [0.29, 0.717) is 0 Å². The Morgan fingerprint density at radius 1 is 1.14 bits per heavy atom. The van der Waals surface area contributed by atoms with Crippen molar-refractivity contribution in [2.75, 3.05) is 5.73 Å². The molecule has 0 spiro atoms. The van der Waals surface area contributed by atoms with Crippen molar-refractivity contribution in [3.05, 3.63) is 23.8 Å². The van der Waals surface area contributed by atoms with Gasteiger partial charge in [0.05, 0.1) is 5.56 Å². The first-order valence-electron chi connectivity index (χ1n) is 3.69. The van der Waals surface area contributed by atoms with Crippen molar-refractivity contribution in [1.82, 2.24) is 0 Å². The van der Waals surface area contributed by atoms with Crippen LogP contribution in [-0.4, -0.2) is 6.11 Å². The van der Waals surface area contributed by atoms with Gasteiger partial charge in [0.15, 0.2) is 0 Å². The first-order valence-corrected chi connectivity index (χ1v) is 3.69. The van der Waals surface area contributed by atoms with Crippen LogP contribution in [0.5, 0.6) is 5.75 Å². The zero-order valence-corrected chi connectivity index (χ0v) is 6.73. The normalized spacial score (nSPS) is 21.4. The van der Waals surface area contributed by atoms with E-state index >= 15 is 0 Å². The summed E-state index contributed by atoms with van der Waals surface area (Å²) in [5, 5.41) is 0. The standard InChI is InChI=1S/C8H5F4NO/c9-7(10)5-2-1-4(13)3-6(5)14-8(7,11)12/h1-3H,13H2. The van der Waals surface area contributed by atoms with E-state index in [9.17, 15) is 17.6 Å². The van der Waals surface area contributed by atoms with Gasteiger partial charge >= 0.3 is 12.0 Å². The third kappa shape index (κ3) is 0.964. The van der Waals surface area contributed by atoms with Gasteiger partial charge in [-0.3, -0.25) is 0 Å². The van der Waals surface area contributed by atoms with Crippen LogP contribution in [0.2, 0.25) is 0 Å². The number of rotatable bonds is 0. The summed E-state index contributed by atoms with van der Waals surface area (Å²) >= 11 is 0. The maximum atomic E-state index is 12.9. The minimum Gasteiger partial charge on any atom is -0.427 e. The smallest absolute Gasteiger partial charge is 0.427 e. The van der Waals surface area contributed by atoms with Crippen molar-refractivity contribution in [3.8, 4) is 5.75 Å². The third-order valence-electron chi connectivity index (χ3n) is 1.95. The molecule has 2 N–H and O–H groups in total. The second-order valence-electron chi connectivity index (χ2n) is 2.95. The number of alkyl halides is 4. The van der Waals surface area contributed by atoms with Gasteiger partial charge < -0.3 is 10.5 Å². The molecule has 1 aliphatic rings. The van der Waals surface area contributed by atoms with Gasteiger partial charge in [0.25, 0.3) is 0 Å². The Morgan fingerprint density at radius 2 is 1.79 bits per heavy atom. The van der Waals surface area contributed by atoms with Gasteiger partial charge in [0.2, 0.25) is 0 Å². The molecule has 0 saturated heterocycles. The lowest BCUT2D eigenvalue weighted by molar-refractivity contribution is -0.296. The monoisotopic (exact) mass is 207 g/mol. The van der Waals surface area contributed by atoms with Crippen molar-refractivity contribution in [1.29, 1.82) is 0 Å². The number of hydrogen-bond donors (Lipinski definition) is 1. The van der Waals surface area contributed by atoms with E-state index in [4.69, 9.17) is 5.73 Å². The Hall–Kier alpha value is -1.46. The molecule has 76 valence electrons. The molecule has 1 aromatic rings. The summed E-state index contributed by atoms with van der Waals surface area (Å²) in [7, 11) is 0. The number of fused-ring (bicyclic) bond motifs is 1. The summed E-state index contributed by atoms with van der Waals surface area (Å²) < 4.78 is 55.0. The van der Waals surface area contributed by atoms with Gasteiger partial charge in [-0.25, -0.2) is 0 Å². The number of halogens is 4. The molecule has 14 heavy (non-hydrogen) atoms. The maximum absolute atomic E-state index is 12.9. The summed E-state index contributed by atoms with van der Waals surface area (Å²) in [5.41, 5.74) is 4.50. The van der Waals surface area contributed by atoms with E-state index in [2.05, 4.69) is 4.74 Å². The van der Waals surface area contributed by atoms with Crippen molar-refractivity contribution < 1.29 is 22.3 Å². The summed E-state index contributed by atoms with van der Waals surface area (Å²) in [4.78, 5) is 0. The first kappa shape index (κ1) is 9.11. The van der Waals surface area contributed by atoms with E-state index in [1.54, 1.807) is 0 Å². The molecule has 1 heterocycles. The number of benzene rings is 1. The average Bonchev–Trinajstić information content (AvgIpc) is 2.18. The van der Waals surface area contributed by atoms with Crippen molar-refractivity contribution in [3.63, 3.8) is 0 Å². The molecule has 1 aromatic carbocycles. The van der Waals surface area contributed by atoms with E-state index in [1.807, 2.05) is 0 Å². The van der Waals surface area contributed by atoms with E-state index < -0.39 is 23.3 Å². The van der Waals surface area contributed by atoms with Crippen LogP contribution in [-0.2, 0) is 5.92 Å². The Kier molecular flexibility index (Phi) is 1.51. The highest BCUT2D eigenvalue weighted by Gasteiger charge is 2.66. The fourth-order valence-electron chi connectivity index (χ4n) is 1.24. The lowest BCUT2D eigenvalue weighted by Crippen LogP contribution is -2.36. The highest BCUT2D eigenvalue weighted by atomic mass is 19.3. The third-order valence-corrected chi connectivity index (χ3v) is 1.95. The topological polar surface area (TPSA) is 35.2 Å². The molecule has 0 atom stereocenters. The molecule has 1 aliphatic heterocycles. The maximum Gasteiger partial charge on any atom is 0.469 e. The number of ether oxygens (including phenoxy) is 1. The van der Waals surface area contributed by atoms with Crippen LogP contribution in [0.15, 0.2) is 18.2 Å². The van der Waals surface area contributed by atoms with Crippen LogP contribution < -0.4 is 10.5 Å². The predicted molar refractivity (Wildman–Crippen MR) is 40.3 cm³/mol. The molecule has 0 fully saturated rings. The zero-order valence-electron chi connectivity index (χ0n) is 6.73. The molecule has 2 nitrogen and oxygen atoms in total. The molecule has 0 saturated carbocycles. The highest BCUT2D eigenvalue weighted by molar-refractivity contribution is 5.52. The summed E-state index contributed by atoms with van der Waals surface area (Å²) in [6.07, 6.45) is -4.50. The quantitative estimate of drug-likeness (QED) is 0.523. The van der Waals surface area contributed by atoms with Crippen LogP contribution in [0, 0.1) is 0 Å². The molecule has 2 rings (SSSR count). The number of hydrogen-bond acceptors (Lipinski definition) is 2. The summed E-state index contributed by atoms with van der Waals surface area (Å²) in [6, 6.07) is 2.91. The molecule has 0 radical (unpaired) electrons. The van der Waals surface area contributed by atoms with Gasteiger partial charge in [-0.2, -0.15) is 17.6 Å². The van der Waals surface area contributed by atoms with Gasteiger partial charge in [-0.05, 0) is 12.1 Å². The Bertz CT molecular complexity index is 391. The Balaban J connectivity index is 2.60. The summed E-state index contributed by atoms with van der Waals surface area (Å²) in [6.45, 7) is 0. The Labute approximate surface area is 76.3 Å². The van der Waals surface area contributed by atoms with Crippen LogP contribution in [0.4, 0.5) is 23.2 Å². The molecule has 0 unspecified atom stereocenters. The van der Waals surface area contributed by atoms with Crippen molar-refractivity contribution >= 4 is 5.69 Å². The van der Waals surface area contributed by atoms with Crippen LogP contribution in [0.1, 0.15) is 5.56 Å². The number of nitrogen functional groups attached to an aromatic ring is 1. The van der Waals surface area contributed by atoms with E-state index in [-0.39, 0.29) is 5.69 Å². The molecule has 0 bridgehead atoms. The van der Waals surface area contributed by atoms with Gasteiger partial charge in [0.1, 0.15) is 5.75 Å². The lowest BCUT2D eigenvalue weighted by atomic mass is 10.1. The fraction of sp³-hybridized carbons (Fsp3) is 0.250. The zero-order chi connectivity index (χ0) is 10.6. The van der Waals surface area contributed by atoms with Crippen LogP contribution >= 0.6 is 0 Å². The molecule has 6 heteroatoms. The minimum absolute atomic E-state index is 0.0947. The van der Waals surface area contributed by atoms with Crippen LogP contribution in [0.25, 0.3) is 0 Å².